The zero-order chi connectivity index (χ0) is 32.4. The van der Waals surface area contributed by atoms with Crippen LogP contribution in [0.4, 0.5) is 0 Å². The van der Waals surface area contributed by atoms with Gasteiger partial charge in [-0.1, -0.05) is 77.3 Å². The zero-order valence-corrected chi connectivity index (χ0v) is 27.8. The van der Waals surface area contributed by atoms with Gasteiger partial charge in [-0.2, -0.15) is 0 Å². The minimum Gasteiger partial charge on any atom is -0.466 e. The highest BCUT2D eigenvalue weighted by atomic mass is 16.5. The van der Waals surface area contributed by atoms with Crippen LogP contribution in [0.25, 0.3) is 0 Å². The van der Waals surface area contributed by atoms with Crippen LogP contribution in [-0.2, 0) is 57.9 Å². The van der Waals surface area contributed by atoms with Crippen LogP contribution in [0.2, 0.25) is 0 Å². The molecule has 0 saturated heterocycles. The molecule has 1 rings (SSSR count). The Hall–Kier alpha value is -2.94. The Kier molecular flexibility index (Phi) is 22.6. The Morgan fingerprint density at radius 2 is 0.864 bits per heavy atom. The standard InChI is InChI=1S/C35H57NO8/c1-5-7-9-11-13-17-32(37)41-21-15-19-34(39)43-27-30-23-29(26-36(3)4)24-31(25-30)28-44-35(40)20-16-22-42-33(38)18-14-12-10-8-6-2/h23-25H,5-22,26-28H2,1-4H3. The second-order valence-corrected chi connectivity index (χ2v) is 11.7. The fourth-order valence-corrected chi connectivity index (χ4v) is 4.63. The molecule has 9 heteroatoms. The van der Waals surface area contributed by atoms with E-state index in [0.717, 1.165) is 55.2 Å². The Balaban J connectivity index is 2.38. The van der Waals surface area contributed by atoms with Crippen molar-refractivity contribution in [3.63, 3.8) is 0 Å². The van der Waals surface area contributed by atoms with E-state index in [0.29, 0.717) is 32.2 Å². The summed E-state index contributed by atoms with van der Waals surface area (Å²) in [7, 11) is 3.93. The summed E-state index contributed by atoms with van der Waals surface area (Å²) in [6, 6.07) is 5.81. The third kappa shape index (κ3) is 21.7. The van der Waals surface area contributed by atoms with E-state index in [1.165, 1.54) is 25.7 Å². The maximum Gasteiger partial charge on any atom is 0.306 e. The predicted molar refractivity (Wildman–Crippen MR) is 171 cm³/mol. The van der Waals surface area contributed by atoms with E-state index in [1.54, 1.807) is 0 Å². The van der Waals surface area contributed by atoms with Crippen molar-refractivity contribution in [2.24, 2.45) is 0 Å². The predicted octanol–water partition coefficient (Wildman–Crippen LogP) is 7.20. The van der Waals surface area contributed by atoms with E-state index < -0.39 is 0 Å². The third-order valence-corrected chi connectivity index (χ3v) is 6.96. The molecule has 9 nitrogen and oxygen atoms in total. The maximum atomic E-state index is 12.3. The molecule has 0 aromatic heterocycles. The van der Waals surface area contributed by atoms with Crippen molar-refractivity contribution in [2.45, 2.75) is 136 Å². The Morgan fingerprint density at radius 1 is 0.500 bits per heavy atom. The van der Waals surface area contributed by atoms with E-state index in [-0.39, 0.29) is 63.1 Å². The molecule has 0 amide bonds. The molecule has 0 saturated carbocycles. The number of benzene rings is 1. The van der Waals surface area contributed by atoms with E-state index in [2.05, 4.69) is 13.8 Å². The number of ether oxygens (including phenoxy) is 4. The van der Waals surface area contributed by atoms with Gasteiger partial charge in [0, 0.05) is 32.2 Å². The highest BCUT2D eigenvalue weighted by molar-refractivity contribution is 5.71. The summed E-state index contributed by atoms with van der Waals surface area (Å²) in [5.41, 5.74) is 2.62. The molecule has 1 aromatic carbocycles. The number of nitrogens with zero attached hydrogens (tertiary/aromatic N) is 1. The van der Waals surface area contributed by atoms with Crippen LogP contribution < -0.4 is 0 Å². The van der Waals surface area contributed by atoms with Crippen LogP contribution in [0.5, 0.6) is 0 Å². The molecule has 0 spiro atoms. The topological polar surface area (TPSA) is 108 Å². The van der Waals surface area contributed by atoms with Crippen LogP contribution in [-0.4, -0.2) is 56.1 Å². The molecule has 0 unspecified atom stereocenters. The summed E-state index contributed by atoms with van der Waals surface area (Å²) in [5.74, 6) is -1.15. The summed E-state index contributed by atoms with van der Waals surface area (Å²) in [6.07, 6.45) is 12.7. The SMILES string of the molecule is CCCCCCCC(=O)OCCCC(=O)OCc1cc(COC(=O)CCCOC(=O)CCCCCCC)cc(CN(C)C)c1. The highest BCUT2D eigenvalue weighted by Crippen LogP contribution is 2.16. The number of carbonyl (C=O) groups is 4. The van der Waals surface area contributed by atoms with Gasteiger partial charge < -0.3 is 23.8 Å². The average molecular weight is 620 g/mol. The Labute approximate surface area is 265 Å². The van der Waals surface area contributed by atoms with Crippen molar-refractivity contribution in [3.05, 3.63) is 34.9 Å². The minimum atomic E-state index is -0.358. The molecule has 0 aliphatic carbocycles. The molecular formula is C35H57NO8. The number of unbranched alkanes of at least 4 members (excludes halogenated alkanes) is 8. The van der Waals surface area contributed by atoms with Gasteiger partial charge in [0.15, 0.2) is 0 Å². The van der Waals surface area contributed by atoms with Crippen LogP contribution in [0.1, 0.15) is 133 Å². The molecule has 1 aromatic rings. The lowest BCUT2D eigenvalue weighted by Gasteiger charge is -2.14. The van der Waals surface area contributed by atoms with Gasteiger partial charge >= 0.3 is 23.9 Å². The van der Waals surface area contributed by atoms with Gasteiger partial charge in [0.05, 0.1) is 13.2 Å². The average Bonchev–Trinajstić information content (AvgIpc) is 2.98. The maximum absolute atomic E-state index is 12.3. The fourth-order valence-electron chi connectivity index (χ4n) is 4.63. The first-order valence-corrected chi connectivity index (χ1v) is 16.6. The van der Waals surface area contributed by atoms with Gasteiger partial charge in [-0.15, -0.1) is 0 Å². The van der Waals surface area contributed by atoms with E-state index in [1.807, 2.05) is 37.2 Å². The molecule has 250 valence electrons. The molecule has 0 radical (unpaired) electrons. The van der Waals surface area contributed by atoms with Crippen LogP contribution in [0, 0.1) is 0 Å². The van der Waals surface area contributed by atoms with Gasteiger partial charge in [-0.25, -0.2) is 0 Å². The van der Waals surface area contributed by atoms with Crippen molar-refractivity contribution < 1.29 is 38.1 Å². The summed E-state index contributed by atoms with van der Waals surface area (Å²) in [5, 5.41) is 0. The van der Waals surface area contributed by atoms with Gasteiger partial charge in [0.1, 0.15) is 13.2 Å². The molecule has 0 aliphatic heterocycles. The second-order valence-electron chi connectivity index (χ2n) is 11.7. The minimum absolute atomic E-state index is 0.0998. The molecule has 44 heavy (non-hydrogen) atoms. The summed E-state index contributed by atoms with van der Waals surface area (Å²) in [4.78, 5) is 50.2. The lowest BCUT2D eigenvalue weighted by atomic mass is 10.1. The van der Waals surface area contributed by atoms with Crippen molar-refractivity contribution in [1.29, 1.82) is 0 Å². The van der Waals surface area contributed by atoms with Gasteiger partial charge in [0.25, 0.3) is 0 Å². The first kappa shape index (κ1) is 39.1. The molecule has 0 fully saturated rings. The fraction of sp³-hybridized carbons (Fsp3) is 0.714. The van der Waals surface area contributed by atoms with E-state index in [4.69, 9.17) is 18.9 Å². The number of hydrogen-bond acceptors (Lipinski definition) is 9. The first-order chi connectivity index (χ1) is 21.2. The highest BCUT2D eigenvalue weighted by Gasteiger charge is 2.11. The van der Waals surface area contributed by atoms with Gasteiger partial charge in [-0.05, 0) is 62.5 Å². The number of esters is 4. The third-order valence-electron chi connectivity index (χ3n) is 6.96. The summed E-state index contributed by atoms with van der Waals surface area (Å²) < 4.78 is 21.4. The second kappa shape index (κ2) is 25.4. The van der Waals surface area contributed by atoms with Crippen LogP contribution in [0.15, 0.2) is 18.2 Å². The molecular weight excluding hydrogens is 562 g/mol. The van der Waals surface area contributed by atoms with Crippen molar-refractivity contribution in [2.75, 3.05) is 27.3 Å². The van der Waals surface area contributed by atoms with Crippen LogP contribution in [0.3, 0.4) is 0 Å². The monoisotopic (exact) mass is 619 g/mol. The van der Waals surface area contributed by atoms with E-state index >= 15 is 0 Å². The van der Waals surface area contributed by atoms with Crippen molar-refractivity contribution in [3.8, 4) is 0 Å². The number of carbonyl (C=O) groups excluding carboxylic acids is 4. The zero-order valence-electron chi connectivity index (χ0n) is 27.8. The molecule has 0 atom stereocenters. The smallest absolute Gasteiger partial charge is 0.306 e. The number of hydrogen-bond donors (Lipinski definition) is 0. The molecule has 0 heterocycles. The van der Waals surface area contributed by atoms with Gasteiger partial charge in [0.2, 0.25) is 0 Å². The number of rotatable bonds is 26. The molecule has 0 N–H and O–H groups in total. The quantitative estimate of drug-likeness (QED) is 0.0604. The van der Waals surface area contributed by atoms with Gasteiger partial charge in [-0.3, -0.25) is 19.2 Å². The Morgan fingerprint density at radius 3 is 1.27 bits per heavy atom. The molecule has 0 bridgehead atoms. The molecule has 0 aliphatic rings. The van der Waals surface area contributed by atoms with E-state index in [9.17, 15) is 19.2 Å². The largest absolute Gasteiger partial charge is 0.466 e. The normalized spacial score (nSPS) is 10.9. The summed E-state index contributed by atoms with van der Waals surface area (Å²) >= 11 is 0. The van der Waals surface area contributed by atoms with Crippen molar-refractivity contribution >= 4 is 23.9 Å². The van der Waals surface area contributed by atoms with Crippen molar-refractivity contribution in [1.82, 2.24) is 4.90 Å². The van der Waals surface area contributed by atoms with Crippen LogP contribution >= 0.6 is 0 Å². The first-order valence-electron chi connectivity index (χ1n) is 16.6. The summed E-state index contributed by atoms with van der Waals surface area (Å²) in [6.45, 7) is 5.60. The lowest BCUT2D eigenvalue weighted by Crippen LogP contribution is -2.13. The lowest BCUT2D eigenvalue weighted by molar-refractivity contribution is -0.148. The Bertz CT molecular complexity index is 894.